The molecule has 2 aromatic rings. The van der Waals surface area contributed by atoms with E-state index in [1.165, 1.54) is 83.5 Å². The Hall–Kier alpha value is -1.98. The monoisotopic (exact) mass is 903 g/mol. The number of halogens is 3. The number of benzene rings is 2. The average molecular weight is 903 g/mol. The van der Waals surface area contributed by atoms with Crippen molar-refractivity contribution in [3.63, 3.8) is 0 Å². The van der Waals surface area contributed by atoms with Crippen molar-refractivity contribution in [3.8, 4) is 11.5 Å². The van der Waals surface area contributed by atoms with Crippen LogP contribution in [0.4, 0.5) is 13.2 Å². The van der Waals surface area contributed by atoms with Crippen LogP contribution in [0.3, 0.4) is 0 Å². The van der Waals surface area contributed by atoms with Gasteiger partial charge in [0.15, 0.2) is 11.6 Å². The number of rotatable bonds is 35. The topological polar surface area (TPSA) is 55.8 Å². The zero-order valence-corrected chi connectivity index (χ0v) is 41.0. The summed E-state index contributed by atoms with van der Waals surface area (Å²) >= 11 is 0. The van der Waals surface area contributed by atoms with E-state index < -0.39 is 19.0 Å². The van der Waals surface area contributed by atoms with E-state index in [4.69, 9.17) is 9.47 Å². The van der Waals surface area contributed by atoms with Crippen LogP contribution >= 0.6 is 7.37 Å². The molecule has 0 aliphatic heterocycles. The number of ether oxygens (including phenoxy) is 2. The van der Waals surface area contributed by atoms with Crippen LogP contribution in [0.15, 0.2) is 30.3 Å². The van der Waals surface area contributed by atoms with Gasteiger partial charge in [0, 0.05) is 18.4 Å². The van der Waals surface area contributed by atoms with Crippen LogP contribution in [0, 0.1) is 29.3 Å². The van der Waals surface area contributed by atoms with Crippen LogP contribution in [0.5, 0.6) is 11.5 Å². The molecule has 0 radical (unpaired) electrons. The first-order valence-corrected chi connectivity index (χ1v) is 28.6. The van der Waals surface area contributed by atoms with Crippen molar-refractivity contribution in [2.45, 2.75) is 238 Å². The lowest BCUT2D eigenvalue weighted by Crippen LogP contribution is -2.15. The normalized spacial score (nSPS) is 20.2. The van der Waals surface area contributed by atoms with Gasteiger partial charge < -0.3 is 14.4 Å². The molecular formula is C55H90F3O4P. The molecule has 0 heterocycles. The first-order valence-electron chi connectivity index (χ1n) is 26.5. The van der Waals surface area contributed by atoms with Gasteiger partial charge in [-0.15, -0.1) is 0 Å². The van der Waals surface area contributed by atoms with Crippen molar-refractivity contribution in [2.24, 2.45) is 11.8 Å². The Kier molecular flexibility index (Phi) is 27.1. The highest BCUT2D eigenvalue weighted by Gasteiger charge is 2.27. The van der Waals surface area contributed by atoms with Gasteiger partial charge in [-0.3, -0.25) is 4.57 Å². The van der Waals surface area contributed by atoms with Gasteiger partial charge >= 0.3 is 0 Å². The van der Waals surface area contributed by atoms with Crippen LogP contribution in [0.2, 0.25) is 0 Å². The molecule has 2 aliphatic carbocycles. The molecule has 1 unspecified atom stereocenters. The Morgan fingerprint density at radius 2 is 0.952 bits per heavy atom. The SMILES string of the molecule is CCCCCC1CCC(c2ccc(OCCCCCCCCCCCP(=O)(O)CCCCCCCCCCCOc3ccc(C4CCC(CCCC)CC4)c(F)c3F)cc2F)CC1. The molecule has 63 heavy (non-hydrogen) atoms. The molecule has 2 saturated carbocycles. The maximum Gasteiger partial charge on any atom is 0.200 e. The molecule has 1 N–H and O–H groups in total. The molecule has 2 aromatic carbocycles. The molecule has 4 nitrogen and oxygen atoms in total. The first-order chi connectivity index (χ1) is 30.7. The summed E-state index contributed by atoms with van der Waals surface area (Å²) in [5.74, 6) is 1.08. The molecule has 0 spiro atoms. The Balaban J connectivity index is 0.886. The molecule has 0 aromatic heterocycles. The van der Waals surface area contributed by atoms with E-state index in [-0.39, 0.29) is 17.5 Å². The Labute approximate surface area is 383 Å². The minimum absolute atomic E-state index is 0.0362. The minimum Gasteiger partial charge on any atom is -0.493 e. The molecule has 4 rings (SSSR count). The zero-order chi connectivity index (χ0) is 45.0. The Morgan fingerprint density at radius 1 is 0.508 bits per heavy atom. The summed E-state index contributed by atoms with van der Waals surface area (Å²) in [5, 5.41) is 0. The number of unbranched alkanes of at least 4 members (excludes halogenated alkanes) is 19. The van der Waals surface area contributed by atoms with E-state index in [0.717, 1.165) is 146 Å². The van der Waals surface area contributed by atoms with Crippen molar-refractivity contribution in [2.75, 3.05) is 25.5 Å². The quantitative estimate of drug-likeness (QED) is 0.0553. The molecule has 2 fully saturated rings. The number of hydrogen-bond acceptors (Lipinski definition) is 3. The van der Waals surface area contributed by atoms with Crippen molar-refractivity contribution in [1.82, 2.24) is 0 Å². The van der Waals surface area contributed by atoms with Gasteiger partial charge in [0.2, 0.25) is 13.2 Å². The van der Waals surface area contributed by atoms with Gasteiger partial charge in [0.25, 0.3) is 0 Å². The summed E-state index contributed by atoms with van der Waals surface area (Å²) in [5.41, 5.74) is 1.40. The second-order valence-corrected chi connectivity index (χ2v) is 22.5. The van der Waals surface area contributed by atoms with Crippen LogP contribution in [0.25, 0.3) is 0 Å². The Bertz CT molecular complexity index is 1540. The summed E-state index contributed by atoms with van der Waals surface area (Å²) in [6, 6.07) is 8.91. The molecule has 8 heteroatoms. The van der Waals surface area contributed by atoms with Crippen LogP contribution < -0.4 is 9.47 Å². The Morgan fingerprint density at radius 3 is 1.46 bits per heavy atom. The van der Waals surface area contributed by atoms with Crippen molar-refractivity contribution < 1.29 is 32.1 Å². The third kappa shape index (κ3) is 21.5. The van der Waals surface area contributed by atoms with Crippen LogP contribution in [-0.2, 0) is 4.57 Å². The maximum absolute atomic E-state index is 15.0. The molecule has 1 atom stereocenters. The number of hydrogen-bond donors (Lipinski definition) is 1. The zero-order valence-electron chi connectivity index (χ0n) is 40.1. The highest BCUT2D eigenvalue weighted by molar-refractivity contribution is 7.57. The second kappa shape index (κ2) is 31.9. The standard InChI is InChI=1S/C55H90F3O4P/c1-3-5-21-27-46-28-32-47(33-29-46)50-37-36-49(44-52(50)56)61-40-22-17-13-9-7-11-15-19-24-42-63(59,60)43-25-20-16-12-8-10-14-18-23-41-62-53-39-38-51(54(57)55(53)58)48-34-30-45(31-35-48)26-6-4-2/h36-39,44-48H,3-35,40-43H2,1-2H3,(H,59,60). The third-order valence-electron chi connectivity index (χ3n) is 14.6. The van der Waals surface area contributed by atoms with E-state index in [2.05, 4.69) is 13.8 Å². The van der Waals surface area contributed by atoms with Gasteiger partial charge in [-0.1, -0.05) is 161 Å². The molecule has 0 amide bonds. The minimum atomic E-state index is -3.02. The highest BCUT2D eigenvalue weighted by atomic mass is 31.2. The average Bonchev–Trinajstić information content (AvgIpc) is 3.28. The summed E-state index contributed by atoms with van der Waals surface area (Å²) in [6.07, 6.45) is 37.9. The van der Waals surface area contributed by atoms with E-state index >= 15 is 0 Å². The summed E-state index contributed by atoms with van der Waals surface area (Å²) < 4.78 is 69.0. The van der Waals surface area contributed by atoms with E-state index in [1.54, 1.807) is 18.2 Å². The molecular weight excluding hydrogens is 813 g/mol. The fourth-order valence-corrected chi connectivity index (χ4v) is 12.1. The van der Waals surface area contributed by atoms with Gasteiger partial charge in [-0.25, -0.2) is 8.78 Å². The van der Waals surface area contributed by atoms with E-state index in [0.29, 0.717) is 42.8 Å². The van der Waals surface area contributed by atoms with Crippen LogP contribution in [0.1, 0.15) is 249 Å². The smallest absolute Gasteiger partial charge is 0.200 e. The van der Waals surface area contributed by atoms with E-state index in [1.807, 2.05) is 12.1 Å². The van der Waals surface area contributed by atoms with E-state index in [9.17, 15) is 22.6 Å². The molecule has 360 valence electrons. The summed E-state index contributed by atoms with van der Waals surface area (Å²) in [7, 11) is -3.02. The van der Waals surface area contributed by atoms with Crippen molar-refractivity contribution in [3.05, 3.63) is 58.9 Å². The summed E-state index contributed by atoms with van der Waals surface area (Å²) in [6.45, 7) is 5.51. The predicted octanol–water partition coefficient (Wildman–Crippen LogP) is 18.2. The van der Waals surface area contributed by atoms with Crippen molar-refractivity contribution >= 4 is 7.37 Å². The molecule has 2 aliphatic rings. The fraction of sp³-hybridized carbons (Fsp3) is 0.782. The first kappa shape index (κ1) is 53.6. The largest absolute Gasteiger partial charge is 0.493 e. The summed E-state index contributed by atoms with van der Waals surface area (Å²) in [4.78, 5) is 10.5. The molecule has 0 bridgehead atoms. The second-order valence-electron chi connectivity index (χ2n) is 19.9. The van der Waals surface area contributed by atoms with Gasteiger partial charge in [0.05, 0.1) is 13.2 Å². The van der Waals surface area contributed by atoms with Gasteiger partial charge in [-0.05, 0) is 124 Å². The van der Waals surface area contributed by atoms with Gasteiger partial charge in [0.1, 0.15) is 11.6 Å². The fourth-order valence-electron chi connectivity index (χ4n) is 10.5. The maximum atomic E-state index is 15.0. The highest BCUT2D eigenvalue weighted by Crippen LogP contribution is 2.43. The lowest BCUT2D eigenvalue weighted by atomic mass is 9.77. The lowest BCUT2D eigenvalue weighted by Gasteiger charge is -2.29. The predicted molar refractivity (Wildman–Crippen MR) is 259 cm³/mol. The molecule has 0 saturated heterocycles. The lowest BCUT2D eigenvalue weighted by molar-refractivity contribution is 0.279. The third-order valence-corrected chi connectivity index (χ3v) is 16.7. The van der Waals surface area contributed by atoms with Crippen molar-refractivity contribution in [1.29, 1.82) is 0 Å². The van der Waals surface area contributed by atoms with Gasteiger partial charge in [-0.2, -0.15) is 4.39 Å². The van der Waals surface area contributed by atoms with Crippen LogP contribution in [-0.4, -0.2) is 30.4 Å².